The van der Waals surface area contributed by atoms with E-state index in [1.165, 1.54) is 0 Å². The van der Waals surface area contributed by atoms with Crippen LogP contribution in [0, 0.1) is 0 Å². The third-order valence-corrected chi connectivity index (χ3v) is 0.878. The minimum absolute atomic E-state index is 0.0844. The summed E-state index contributed by atoms with van der Waals surface area (Å²) in [5.74, 6) is 0. The number of nitrogens with one attached hydrogen (secondary N) is 2. The maximum absolute atomic E-state index is 3.87. The van der Waals surface area contributed by atoms with E-state index in [1.807, 2.05) is 13.0 Å². The molecule has 0 aliphatic carbocycles. The molecule has 0 fully saturated rings. The van der Waals surface area contributed by atoms with Crippen LogP contribution in [0.2, 0.25) is 0 Å². The van der Waals surface area contributed by atoms with E-state index in [4.69, 9.17) is 0 Å². The zero-order valence-electron chi connectivity index (χ0n) is 7.68. The van der Waals surface area contributed by atoms with Gasteiger partial charge < -0.3 is 5.32 Å². The number of hydrogen-bond acceptors (Lipinski definition) is 2. The van der Waals surface area contributed by atoms with E-state index in [-0.39, 0.29) is 5.54 Å². The molecule has 11 heavy (non-hydrogen) atoms. The molecule has 0 saturated carbocycles. The molecule has 0 aromatic carbocycles. The quantitative estimate of drug-likeness (QED) is 0.367. The first kappa shape index (κ1) is 10.0. The van der Waals surface area contributed by atoms with Gasteiger partial charge in [-0.25, -0.2) is 0 Å². The first-order valence-corrected chi connectivity index (χ1v) is 3.72. The van der Waals surface area contributed by atoms with Crippen molar-refractivity contribution < 1.29 is 0 Å². The minimum atomic E-state index is 0.0844. The second kappa shape index (κ2) is 4.77. The van der Waals surface area contributed by atoms with Gasteiger partial charge >= 0.3 is 0 Å². The largest absolute Gasteiger partial charge is 0.370 e. The molecule has 0 spiro atoms. The van der Waals surface area contributed by atoms with Crippen LogP contribution < -0.4 is 10.7 Å². The Morgan fingerprint density at radius 1 is 1.27 bits per heavy atom. The van der Waals surface area contributed by atoms with Gasteiger partial charge in [-0.15, -0.1) is 0 Å². The van der Waals surface area contributed by atoms with Gasteiger partial charge in [0.1, 0.15) is 6.34 Å². The summed E-state index contributed by atoms with van der Waals surface area (Å²) in [6.07, 6.45) is 5.30. The standard InChI is InChI=1S/C8H17N3/c1-5-6-10-11-7-9-8(2,3)4/h5-7,10H,1-4H3,(H,9,11)/b6-5-. The van der Waals surface area contributed by atoms with Gasteiger partial charge in [0.2, 0.25) is 0 Å². The van der Waals surface area contributed by atoms with Gasteiger partial charge in [-0.05, 0) is 27.7 Å². The highest BCUT2D eigenvalue weighted by Crippen LogP contribution is 1.94. The van der Waals surface area contributed by atoms with E-state index < -0.39 is 0 Å². The van der Waals surface area contributed by atoms with E-state index >= 15 is 0 Å². The van der Waals surface area contributed by atoms with Crippen LogP contribution in [0.1, 0.15) is 27.7 Å². The molecule has 0 aromatic rings. The molecule has 0 radical (unpaired) electrons. The van der Waals surface area contributed by atoms with Crippen molar-refractivity contribution in [2.75, 3.05) is 0 Å². The fourth-order valence-corrected chi connectivity index (χ4v) is 0.381. The number of rotatable bonds is 3. The van der Waals surface area contributed by atoms with Crippen LogP contribution in [-0.2, 0) is 0 Å². The van der Waals surface area contributed by atoms with E-state index in [9.17, 15) is 0 Å². The Labute approximate surface area is 68.6 Å². The molecular weight excluding hydrogens is 138 g/mol. The summed E-state index contributed by atoms with van der Waals surface area (Å²) < 4.78 is 0. The normalized spacial score (nSPS) is 12.7. The van der Waals surface area contributed by atoms with Crippen LogP contribution in [0.3, 0.4) is 0 Å². The third kappa shape index (κ3) is 9.01. The minimum Gasteiger partial charge on any atom is -0.370 e. The third-order valence-electron chi connectivity index (χ3n) is 0.878. The fourth-order valence-electron chi connectivity index (χ4n) is 0.381. The van der Waals surface area contributed by atoms with Gasteiger partial charge in [0, 0.05) is 11.7 Å². The van der Waals surface area contributed by atoms with Gasteiger partial charge in [-0.2, -0.15) is 5.10 Å². The van der Waals surface area contributed by atoms with Crippen molar-refractivity contribution >= 4 is 6.34 Å². The van der Waals surface area contributed by atoms with Crippen LogP contribution >= 0.6 is 0 Å². The maximum Gasteiger partial charge on any atom is 0.109 e. The number of allylic oxidation sites excluding steroid dienone is 1. The first-order chi connectivity index (χ1) is 5.06. The van der Waals surface area contributed by atoms with Crippen LogP contribution in [0.25, 0.3) is 0 Å². The average molecular weight is 155 g/mol. The molecule has 64 valence electrons. The fraction of sp³-hybridized carbons (Fsp3) is 0.625. The molecule has 0 aliphatic rings. The summed E-state index contributed by atoms with van der Waals surface area (Å²) in [6, 6.07) is 0. The molecule has 0 aromatic heterocycles. The molecule has 0 aliphatic heterocycles. The Kier molecular flexibility index (Phi) is 4.34. The molecule has 0 saturated heterocycles. The molecule has 0 bridgehead atoms. The molecule has 0 unspecified atom stereocenters. The topological polar surface area (TPSA) is 36.4 Å². The molecule has 0 rings (SSSR count). The lowest BCUT2D eigenvalue weighted by molar-refractivity contribution is 0.516. The summed E-state index contributed by atoms with van der Waals surface area (Å²) in [6.45, 7) is 8.16. The van der Waals surface area contributed by atoms with E-state index in [0.717, 1.165) is 0 Å². The molecular formula is C8H17N3. The Morgan fingerprint density at radius 3 is 2.36 bits per heavy atom. The Morgan fingerprint density at radius 2 is 1.91 bits per heavy atom. The number of hydrogen-bond donors (Lipinski definition) is 2. The van der Waals surface area contributed by atoms with Crippen molar-refractivity contribution in [3.8, 4) is 0 Å². The van der Waals surface area contributed by atoms with E-state index in [2.05, 4.69) is 36.6 Å². The van der Waals surface area contributed by atoms with Crippen LogP contribution in [-0.4, -0.2) is 11.9 Å². The van der Waals surface area contributed by atoms with E-state index in [0.29, 0.717) is 0 Å². The van der Waals surface area contributed by atoms with E-state index in [1.54, 1.807) is 12.5 Å². The van der Waals surface area contributed by atoms with Crippen molar-refractivity contribution in [1.82, 2.24) is 10.7 Å². The van der Waals surface area contributed by atoms with Crippen LogP contribution in [0.4, 0.5) is 0 Å². The predicted molar refractivity (Wildman–Crippen MR) is 49.3 cm³/mol. The summed E-state index contributed by atoms with van der Waals surface area (Å²) >= 11 is 0. The van der Waals surface area contributed by atoms with Crippen LogP contribution in [0.5, 0.6) is 0 Å². The highest BCUT2D eigenvalue weighted by atomic mass is 15.3. The van der Waals surface area contributed by atoms with Gasteiger partial charge in [-0.3, -0.25) is 5.43 Å². The van der Waals surface area contributed by atoms with Crippen LogP contribution in [0.15, 0.2) is 17.4 Å². The lowest BCUT2D eigenvalue weighted by atomic mass is 10.1. The summed E-state index contributed by atoms with van der Waals surface area (Å²) in [7, 11) is 0. The van der Waals surface area contributed by atoms with Crippen molar-refractivity contribution in [2.24, 2.45) is 5.10 Å². The van der Waals surface area contributed by atoms with Crippen molar-refractivity contribution in [3.05, 3.63) is 12.3 Å². The first-order valence-electron chi connectivity index (χ1n) is 3.72. The highest BCUT2D eigenvalue weighted by Gasteiger charge is 2.04. The summed E-state index contributed by atoms with van der Waals surface area (Å²) in [5.41, 5.74) is 2.82. The monoisotopic (exact) mass is 155 g/mol. The maximum atomic E-state index is 3.87. The zero-order valence-corrected chi connectivity index (χ0v) is 7.68. The SMILES string of the molecule is C/C=C\N/N=C\NC(C)(C)C. The van der Waals surface area contributed by atoms with Crippen molar-refractivity contribution in [3.63, 3.8) is 0 Å². The van der Waals surface area contributed by atoms with Crippen molar-refractivity contribution in [2.45, 2.75) is 33.2 Å². The summed E-state index contributed by atoms with van der Waals surface area (Å²) in [5, 5.41) is 6.97. The number of hydrazone groups is 1. The Bertz CT molecular complexity index is 142. The Balaban J connectivity index is 3.45. The average Bonchev–Trinajstić information content (AvgIpc) is 1.85. The zero-order chi connectivity index (χ0) is 8.74. The molecule has 2 N–H and O–H groups in total. The second-order valence-corrected chi connectivity index (χ2v) is 3.28. The van der Waals surface area contributed by atoms with Gasteiger partial charge in [0.25, 0.3) is 0 Å². The number of nitrogens with zero attached hydrogens (tertiary/aromatic N) is 1. The summed E-state index contributed by atoms with van der Waals surface area (Å²) in [4.78, 5) is 0. The Hall–Kier alpha value is -0.990. The molecule has 3 nitrogen and oxygen atoms in total. The molecule has 0 amide bonds. The molecule has 3 heteroatoms. The lowest BCUT2D eigenvalue weighted by Crippen LogP contribution is -2.34. The van der Waals surface area contributed by atoms with Gasteiger partial charge in [-0.1, -0.05) is 6.08 Å². The van der Waals surface area contributed by atoms with Gasteiger partial charge in [0.15, 0.2) is 0 Å². The highest BCUT2D eigenvalue weighted by molar-refractivity contribution is 5.54. The molecule has 0 heterocycles. The lowest BCUT2D eigenvalue weighted by Gasteiger charge is -2.17. The van der Waals surface area contributed by atoms with Crippen molar-refractivity contribution in [1.29, 1.82) is 0 Å². The van der Waals surface area contributed by atoms with Gasteiger partial charge in [0.05, 0.1) is 0 Å². The predicted octanol–water partition coefficient (Wildman–Crippen LogP) is 1.44. The smallest absolute Gasteiger partial charge is 0.109 e. The molecule has 0 atom stereocenters. The second-order valence-electron chi connectivity index (χ2n) is 3.28.